The average Bonchev–Trinajstić information content (AvgIpc) is 3.22. The van der Waals surface area contributed by atoms with Crippen molar-refractivity contribution in [3.05, 3.63) is 71.1 Å². The van der Waals surface area contributed by atoms with Crippen molar-refractivity contribution < 1.29 is 9.63 Å². The van der Waals surface area contributed by atoms with Gasteiger partial charge >= 0.3 is 0 Å². The van der Waals surface area contributed by atoms with Crippen LogP contribution < -0.4 is 10.6 Å². The molecule has 29 heavy (non-hydrogen) atoms. The topological polar surface area (TPSA) is 95.6 Å². The summed E-state index contributed by atoms with van der Waals surface area (Å²) >= 11 is 5.90. The summed E-state index contributed by atoms with van der Waals surface area (Å²) in [4.78, 5) is 8.84. The molecule has 1 atom stereocenters. The zero-order chi connectivity index (χ0) is 20.5. The number of aromatic nitrogens is 2. The summed E-state index contributed by atoms with van der Waals surface area (Å²) in [7, 11) is 0. The molecule has 1 unspecified atom stereocenters. The maximum absolute atomic E-state index is 10.3. The first-order chi connectivity index (χ1) is 14.2. The Hall–Kier alpha value is -2.90. The van der Waals surface area contributed by atoms with E-state index in [9.17, 15) is 5.11 Å². The van der Waals surface area contributed by atoms with Crippen molar-refractivity contribution in [1.29, 1.82) is 0 Å². The number of nitrogens with one attached hydrogen (secondary N) is 2. The zero-order valence-corrected chi connectivity index (χ0v) is 16.9. The van der Waals surface area contributed by atoms with Gasteiger partial charge in [0.05, 0.1) is 6.10 Å². The molecule has 3 rings (SSSR count). The highest BCUT2D eigenvalue weighted by atomic mass is 35.5. The van der Waals surface area contributed by atoms with Crippen LogP contribution >= 0.6 is 11.6 Å². The quantitative estimate of drug-likeness (QED) is 0.386. The monoisotopic (exact) mass is 413 g/mol. The zero-order valence-electron chi connectivity index (χ0n) is 16.2. The van der Waals surface area contributed by atoms with Crippen LogP contribution in [-0.2, 0) is 6.54 Å². The molecule has 0 bridgehead atoms. The van der Waals surface area contributed by atoms with Crippen molar-refractivity contribution in [2.75, 3.05) is 13.1 Å². The summed E-state index contributed by atoms with van der Waals surface area (Å²) in [5, 5.41) is 21.3. The Kier molecular flexibility index (Phi) is 7.61. The van der Waals surface area contributed by atoms with E-state index < -0.39 is 6.10 Å². The van der Waals surface area contributed by atoms with E-state index in [0.29, 0.717) is 42.2 Å². The van der Waals surface area contributed by atoms with Gasteiger partial charge in [-0.3, -0.25) is 0 Å². The van der Waals surface area contributed by atoms with Gasteiger partial charge in [-0.15, -0.1) is 0 Å². The lowest BCUT2D eigenvalue weighted by Gasteiger charge is -2.14. The SMILES string of the molecule is CCNC(=NCc1nc(-c2ccc(Cl)cc2)no1)NCCC(O)c1ccccc1. The third-order valence-electron chi connectivity index (χ3n) is 4.18. The Labute approximate surface area is 174 Å². The fraction of sp³-hybridized carbons (Fsp3) is 0.286. The van der Waals surface area contributed by atoms with Crippen molar-refractivity contribution in [3.8, 4) is 11.4 Å². The molecule has 1 aromatic heterocycles. The maximum Gasteiger partial charge on any atom is 0.248 e. The first-order valence-electron chi connectivity index (χ1n) is 9.49. The van der Waals surface area contributed by atoms with Crippen LogP contribution in [0.1, 0.15) is 30.9 Å². The molecule has 2 aromatic carbocycles. The number of aliphatic hydroxyl groups is 1. The van der Waals surface area contributed by atoms with Crippen LogP contribution in [0.2, 0.25) is 5.02 Å². The number of nitrogens with zero attached hydrogens (tertiary/aromatic N) is 3. The number of rotatable bonds is 8. The Balaban J connectivity index is 1.54. The fourth-order valence-corrected chi connectivity index (χ4v) is 2.82. The number of hydrogen-bond acceptors (Lipinski definition) is 5. The summed E-state index contributed by atoms with van der Waals surface area (Å²) in [6, 6.07) is 16.8. The van der Waals surface area contributed by atoms with Gasteiger partial charge in [-0.1, -0.05) is 47.1 Å². The van der Waals surface area contributed by atoms with Crippen molar-refractivity contribution >= 4 is 17.6 Å². The molecule has 0 amide bonds. The van der Waals surface area contributed by atoms with E-state index in [-0.39, 0.29) is 6.54 Å². The molecule has 1 heterocycles. The number of aliphatic hydroxyl groups excluding tert-OH is 1. The molecule has 0 fully saturated rings. The molecular formula is C21H24ClN5O2. The van der Waals surface area contributed by atoms with E-state index in [1.165, 1.54) is 0 Å². The highest BCUT2D eigenvalue weighted by Crippen LogP contribution is 2.19. The molecule has 0 aliphatic rings. The van der Waals surface area contributed by atoms with Gasteiger partial charge in [-0.05, 0) is 43.2 Å². The van der Waals surface area contributed by atoms with Gasteiger partial charge < -0.3 is 20.3 Å². The molecule has 0 saturated heterocycles. The van der Waals surface area contributed by atoms with Crippen LogP contribution in [-0.4, -0.2) is 34.3 Å². The Morgan fingerprint density at radius 1 is 1.14 bits per heavy atom. The highest BCUT2D eigenvalue weighted by molar-refractivity contribution is 6.30. The predicted molar refractivity (Wildman–Crippen MR) is 114 cm³/mol. The van der Waals surface area contributed by atoms with Crippen molar-refractivity contribution in [3.63, 3.8) is 0 Å². The molecule has 0 spiro atoms. The highest BCUT2D eigenvalue weighted by Gasteiger charge is 2.10. The minimum Gasteiger partial charge on any atom is -0.388 e. The second-order valence-corrected chi connectivity index (χ2v) is 6.79. The van der Waals surface area contributed by atoms with E-state index in [2.05, 4.69) is 25.8 Å². The van der Waals surface area contributed by atoms with Gasteiger partial charge in [0.15, 0.2) is 5.96 Å². The molecule has 7 nitrogen and oxygen atoms in total. The van der Waals surface area contributed by atoms with E-state index in [4.69, 9.17) is 16.1 Å². The standard InChI is InChI=1S/C21H24ClN5O2/c1-2-23-21(24-13-12-18(28)15-6-4-3-5-7-15)25-14-19-26-20(27-29-19)16-8-10-17(22)11-9-16/h3-11,18,28H,2,12-14H2,1H3,(H2,23,24,25). The lowest BCUT2D eigenvalue weighted by atomic mass is 10.1. The van der Waals surface area contributed by atoms with Gasteiger partial charge in [0.1, 0.15) is 6.54 Å². The number of aliphatic imine (C=N–C) groups is 1. The molecule has 3 aromatic rings. The largest absolute Gasteiger partial charge is 0.388 e. The summed E-state index contributed by atoms with van der Waals surface area (Å²) in [5.41, 5.74) is 1.73. The van der Waals surface area contributed by atoms with Crippen molar-refractivity contribution in [1.82, 2.24) is 20.8 Å². The summed E-state index contributed by atoms with van der Waals surface area (Å²) in [5.74, 6) is 1.53. The number of halogens is 1. The number of guanidine groups is 1. The minimum absolute atomic E-state index is 0.247. The molecule has 8 heteroatoms. The van der Waals surface area contributed by atoms with Gasteiger partial charge in [0.25, 0.3) is 0 Å². The molecular weight excluding hydrogens is 390 g/mol. The molecule has 0 radical (unpaired) electrons. The summed E-state index contributed by atoms with van der Waals surface area (Å²) < 4.78 is 5.28. The molecule has 0 aliphatic heterocycles. The predicted octanol–water partition coefficient (Wildman–Crippen LogP) is 3.57. The molecule has 0 saturated carbocycles. The number of benzene rings is 2. The van der Waals surface area contributed by atoms with Crippen LogP contribution in [0.4, 0.5) is 0 Å². The molecule has 152 valence electrons. The van der Waals surface area contributed by atoms with Crippen LogP contribution in [0.15, 0.2) is 64.1 Å². The van der Waals surface area contributed by atoms with E-state index in [1.54, 1.807) is 12.1 Å². The normalized spacial score (nSPS) is 12.6. The average molecular weight is 414 g/mol. The van der Waals surface area contributed by atoms with E-state index in [1.807, 2.05) is 49.4 Å². The third-order valence-corrected chi connectivity index (χ3v) is 4.43. The smallest absolute Gasteiger partial charge is 0.248 e. The van der Waals surface area contributed by atoms with Gasteiger partial charge in [-0.2, -0.15) is 4.98 Å². The summed E-state index contributed by atoms with van der Waals surface area (Å²) in [6.45, 7) is 3.52. The number of hydrogen-bond donors (Lipinski definition) is 3. The molecule has 3 N–H and O–H groups in total. The van der Waals surface area contributed by atoms with Gasteiger partial charge in [0.2, 0.25) is 11.7 Å². The van der Waals surface area contributed by atoms with Crippen LogP contribution in [0.3, 0.4) is 0 Å². The van der Waals surface area contributed by atoms with Gasteiger partial charge in [-0.25, -0.2) is 4.99 Å². The lowest BCUT2D eigenvalue weighted by molar-refractivity contribution is 0.168. The van der Waals surface area contributed by atoms with Crippen LogP contribution in [0, 0.1) is 0 Å². The lowest BCUT2D eigenvalue weighted by Crippen LogP contribution is -2.38. The first kappa shape index (κ1) is 20.8. The second kappa shape index (κ2) is 10.6. The Morgan fingerprint density at radius 2 is 1.90 bits per heavy atom. The fourth-order valence-electron chi connectivity index (χ4n) is 2.69. The van der Waals surface area contributed by atoms with Gasteiger partial charge in [0, 0.05) is 23.7 Å². The first-order valence-corrected chi connectivity index (χ1v) is 9.87. The van der Waals surface area contributed by atoms with Crippen molar-refractivity contribution in [2.24, 2.45) is 4.99 Å². The van der Waals surface area contributed by atoms with Crippen LogP contribution in [0.5, 0.6) is 0 Å². The van der Waals surface area contributed by atoms with Crippen molar-refractivity contribution in [2.45, 2.75) is 26.0 Å². The van der Waals surface area contributed by atoms with Crippen LogP contribution in [0.25, 0.3) is 11.4 Å². The minimum atomic E-state index is -0.524. The van der Waals surface area contributed by atoms with E-state index >= 15 is 0 Å². The maximum atomic E-state index is 10.3. The Morgan fingerprint density at radius 3 is 2.62 bits per heavy atom. The third kappa shape index (κ3) is 6.30. The van der Waals surface area contributed by atoms with E-state index in [0.717, 1.165) is 11.1 Å². The molecule has 0 aliphatic carbocycles. The Bertz CT molecular complexity index is 912. The second-order valence-electron chi connectivity index (χ2n) is 6.36. The summed E-state index contributed by atoms with van der Waals surface area (Å²) in [6.07, 6.45) is 0.0415.